The van der Waals surface area contributed by atoms with Crippen LogP contribution in [0.4, 0.5) is 5.69 Å². The van der Waals surface area contributed by atoms with Crippen molar-refractivity contribution in [2.24, 2.45) is 17.6 Å². The lowest BCUT2D eigenvalue weighted by Crippen LogP contribution is -2.55. The van der Waals surface area contributed by atoms with Gasteiger partial charge in [0, 0.05) is 38.8 Å². The fourth-order valence-electron chi connectivity index (χ4n) is 5.50. The van der Waals surface area contributed by atoms with Gasteiger partial charge in [-0.2, -0.15) is 10.4 Å². The van der Waals surface area contributed by atoms with Crippen molar-refractivity contribution in [1.29, 1.82) is 5.26 Å². The number of morpholine rings is 1. The van der Waals surface area contributed by atoms with E-state index in [0.717, 1.165) is 43.9 Å². The Morgan fingerprint density at radius 2 is 1.96 bits per heavy atom. The Morgan fingerprint density at radius 1 is 1.18 bits per heavy atom. The molecule has 2 bridgehead atoms. The highest BCUT2D eigenvalue weighted by Crippen LogP contribution is 2.36. The summed E-state index contributed by atoms with van der Waals surface area (Å²) in [4.78, 5) is 4.96. The van der Waals surface area contributed by atoms with Crippen molar-refractivity contribution in [3.8, 4) is 6.07 Å². The third-order valence-electron chi connectivity index (χ3n) is 6.76. The fourth-order valence-corrected chi connectivity index (χ4v) is 5.50. The molecule has 0 aromatic carbocycles. The number of nitriles is 1. The van der Waals surface area contributed by atoms with Crippen molar-refractivity contribution >= 4 is 11.2 Å². The van der Waals surface area contributed by atoms with Crippen molar-refractivity contribution in [2.75, 3.05) is 37.6 Å². The van der Waals surface area contributed by atoms with Gasteiger partial charge in [-0.15, -0.1) is 0 Å². The monoisotopic (exact) mass is 380 g/mol. The van der Waals surface area contributed by atoms with Gasteiger partial charge in [-0.25, -0.2) is 4.52 Å². The van der Waals surface area contributed by atoms with E-state index in [1.807, 2.05) is 18.2 Å². The average Bonchev–Trinajstić information content (AvgIpc) is 3.23. The van der Waals surface area contributed by atoms with Crippen molar-refractivity contribution in [3.05, 3.63) is 30.1 Å². The molecule has 2 unspecified atom stereocenters. The van der Waals surface area contributed by atoms with Gasteiger partial charge in [0.25, 0.3) is 0 Å². The number of fused-ring (bicyclic) bond motifs is 3. The minimum Gasteiger partial charge on any atom is -0.370 e. The van der Waals surface area contributed by atoms with E-state index in [0.29, 0.717) is 23.6 Å². The lowest BCUT2D eigenvalue weighted by atomic mass is 9.93. The average molecular weight is 380 g/mol. The molecule has 0 spiro atoms. The van der Waals surface area contributed by atoms with Gasteiger partial charge in [-0.1, -0.05) is 0 Å². The van der Waals surface area contributed by atoms with Gasteiger partial charge >= 0.3 is 0 Å². The highest BCUT2D eigenvalue weighted by Gasteiger charge is 2.40. The predicted molar refractivity (Wildman–Crippen MR) is 107 cm³/mol. The van der Waals surface area contributed by atoms with E-state index in [2.05, 4.69) is 27.9 Å². The Labute approximate surface area is 165 Å². The number of rotatable bonds is 3. The Kier molecular flexibility index (Phi) is 4.50. The summed E-state index contributed by atoms with van der Waals surface area (Å²) >= 11 is 0. The zero-order valence-electron chi connectivity index (χ0n) is 16.4. The van der Waals surface area contributed by atoms with Gasteiger partial charge in [-0.05, 0) is 49.8 Å². The molecular formula is C21H28N6O. The van der Waals surface area contributed by atoms with Crippen molar-refractivity contribution in [1.82, 2.24) is 14.5 Å². The number of pyridine rings is 1. The number of aromatic nitrogens is 2. The van der Waals surface area contributed by atoms with Crippen molar-refractivity contribution in [3.63, 3.8) is 0 Å². The standard InChI is InChI=1S/C21H28N6O/c1-14-9-26(19-5-4-17(8-22)27-20(19)6-7-24-27)13-18(28-14)12-25-10-15-2-3-16(11-25)21(15)23/h4-7,14-16,18,21H,2-3,9-13,23H2,1H3/t14-,15?,16?,18+,21?/m1/s1. The number of hydrogen-bond donors (Lipinski definition) is 1. The number of hydrogen-bond acceptors (Lipinski definition) is 6. The Balaban J connectivity index is 1.34. The summed E-state index contributed by atoms with van der Waals surface area (Å²) in [6, 6.07) is 8.50. The van der Waals surface area contributed by atoms with Gasteiger partial charge in [0.15, 0.2) is 0 Å². The van der Waals surface area contributed by atoms with Crippen LogP contribution in [0.3, 0.4) is 0 Å². The van der Waals surface area contributed by atoms with Crippen LogP contribution in [0.2, 0.25) is 0 Å². The van der Waals surface area contributed by atoms with Crippen molar-refractivity contribution in [2.45, 2.75) is 38.0 Å². The smallest absolute Gasteiger partial charge is 0.142 e. The number of anilines is 1. The lowest BCUT2D eigenvalue weighted by Gasteiger charge is -2.42. The first kappa shape index (κ1) is 17.9. The van der Waals surface area contributed by atoms with E-state index in [9.17, 15) is 5.26 Å². The number of nitrogens with two attached hydrogens (primary N) is 1. The topological polar surface area (TPSA) is 82.8 Å². The van der Waals surface area contributed by atoms with Crippen LogP contribution in [-0.4, -0.2) is 65.5 Å². The zero-order valence-corrected chi connectivity index (χ0v) is 16.4. The lowest BCUT2D eigenvalue weighted by molar-refractivity contribution is -0.0390. The summed E-state index contributed by atoms with van der Waals surface area (Å²) in [6.07, 6.45) is 4.66. The molecule has 4 atom stereocenters. The van der Waals surface area contributed by atoms with Crippen LogP contribution in [0.25, 0.3) is 5.52 Å². The van der Waals surface area contributed by atoms with E-state index in [4.69, 9.17) is 10.5 Å². The van der Waals surface area contributed by atoms with Crippen LogP contribution in [0.5, 0.6) is 0 Å². The summed E-state index contributed by atoms with van der Waals surface area (Å²) < 4.78 is 8.04. The van der Waals surface area contributed by atoms with E-state index in [1.54, 1.807) is 10.7 Å². The maximum Gasteiger partial charge on any atom is 0.142 e. The third-order valence-corrected chi connectivity index (χ3v) is 6.76. The number of nitrogens with zero attached hydrogens (tertiary/aromatic N) is 5. The molecule has 4 heterocycles. The summed E-state index contributed by atoms with van der Waals surface area (Å²) in [5.41, 5.74) is 9.03. The van der Waals surface area contributed by atoms with Crippen LogP contribution < -0.4 is 10.6 Å². The van der Waals surface area contributed by atoms with Crippen LogP contribution in [-0.2, 0) is 4.74 Å². The molecule has 5 rings (SSSR count). The molecule has 2 aromatic rings. The minimum absolute atomic E-state index is 0.168. The predicted octanol–water partition coefficient (Wildman–Crippen LogP) is 1.47. The molecular weight excluding hydrogens is 352 g/mol. The second-order valence-electron chi connectivity index (χ2n) is 8.71. The molecule has 7 nitrogen and oxygen atoms in total. The first-order valence-electron chi connectivity index (χ1n) is 10.4. The highest BCUT2D eigenvalue weighted by molar-refractivity contribution is 5.74. The Hall–Kier alpha value is -2.14. The molecule has 2 aromatic heterocycles. The third kappa shape index (κ3) is 3.06. The molecule has 0 amide bonds. The van der Waals surface area contributed by atoms with Crippen molar-refractivity contribution < 1.29 is 4.74 Å². The van der Waals surface area contributed by atoms with Gasteiger partial charge in [0.05, 0.1) is 29.6 Å². The van der Waals surface area contributed by atoms with Crippen LogP contribution >= 0.6 is 0 Å². The molecule has 3 fully saturated rings. The quantitative estimate of drug-likeness (QED) is 0.868. The first-order chi connectivity index (χ1) is 13.6. The molecule has 0 radical (unpaired) electrons. The first-order valence-corrected chi connectivity index (χ1v) is 10.4. The molecule has 28 heavy (non-hydrogen) atoms. The zero-order chi connectivity index (χ0) is 19.3. The van der Waals surface area contributed by atoms with Gasteiger partial charge in [-0.3, -0.25) is 0 Å². The Bertz CT molecular complexity index is 890. The molecule has 3 aliphatic rings. The molecule has 1 saturated carbocycles. The van der Waals surface area contributed by atoms with Gasteiger partial charge in [0.1, 0.15) is 11.8 Å². The van der Waals surface area contributed by atoms with Crippen LogP contribution in [0.15, 0.2) is 24.4 Å². The second-order valence-corrected chi connectivity index (χ2v) is 8.71. The molecule has 2 aliphatic heterocycles. The van der Waals surface area contributed by atoms with Gasteiger partial charge < -0.3 is 20.3 Å². The SMILES string of the molecule is C[C@@H]1CN(c2ccc(C#N)n3nccc23)C[C@H](CN2CC3CCC(C2)C3N)O1. The van der Waals surface area contributed by atoms with Crippen LogP contribution in [0, 0.1) is 23.2 Å². The molecule has 7 heteroatoms. The van der Waals surface area contributed by atoms with E-state index < -0.39 is 0 Å². The largest absolute Gasteiger partial charge is 0.370 e. The second kappa shape index (κ2) is 7.03. The summed E-state index contributed by atoms with van der Waals surface area (Å²) in [6.45, 7) is 7.03. The molecule has 2 saturated heterocycles. The van der Waals surface area contributed by atoms with Crippen LogP contribution in [0.1, 0.15) is 25.5 Å². The fraction of sp³-hybridized carbons (Fsp3) is 0.619. The number of ether oxygens (including phenoxy) is 1. The van der Waals surface area contributed by atoms with Gasteiger partial charge in [0.2, 0.25) is 0 Å². The summed E-state index contributed by atoms with van der Waals surface area (Å²) in [5.74, 6) is 1.31. The molecule has 148 valence electrons. The van der Waals surface area contributed by atoms with E-state index in [-0.39, 0.29) is 12.2 Å². The summed E-state index contributed by atoms with van der Waals surface area (Å²) in [7, 11) is 0. The summed E-state index contributed by atoms with van der Waals surface area (Å²) in [5, 5.41) is 13.7. The highest BCUT2D eigenvalue weighted by atomic mass is 16.5. The number of likely N-dealkylation sites (tertiary alicyclic amines) is 1. The molecule has 2 N–H and O–H groups in total. The Morgan fingerprint density at radius 3 is 2.71 bits per heavy atom. The minimum atomic E-state index is 0.168. The number of piperidine rings is 1. The molecule has 1 aliphatic carbocycles. The van der Waals surface area contributed by atoms with E-state index in [1.165, 1.54) is 12.8 Å². The van der Waals surface area contributed by atoms with E-state index >= 15 is 0 Å². The maximum absolute atomic E-state index is 9.33. The normalized spacial score (nSPS) is 33.3. The maximum atomic E-state index is 9.33.